The number of hydrogen-bond acceptors (Lipinski definition) is 4. The molecule has 0 fully saturated rings. The summed E-state index contributed by atoms with van der Waals surface area (Å²) in [5.74, 6) is -1.04. The van der Waals surface area contributed by atoms with Gasteiger partial charge in [0.15, 0.2) is 0 Å². The van der Waals surface area contributed by atoms with E-state index in [4.69, 9.17) is 10.8 Å². The Morgan fingerprint density at radius 2 is 2.38 bits per heavy atom. The van der Waals surface area contributed by atoms with Gasteiger partial charge in [0.05, 0.1) is 16.8 Å². The third-order valence-corrected chi connectivity index (χ3v) is 2.71. The second kappa shape index (κ2) is 2.46. The van der Waals surface area contributed by atoms with Crippen molar-refractivity contribution in [3.63, 3.8) is 0 Å². The minimum absolute atomic E-state index is 0.0479. The number of nitrogens with two attached hydrogens (primary N) is 1. The molecule has 0 aliphatic carbocycles. The number of anilines is 1. The molecule has 0 saturated carbocycles. The number of fused-ring (bicyclic) bond motifs is 1. The number of nitrogens with zero attached hydrogens (tertiary/aromatic N) is 1. The predicted molar refractivity (Wildman–Crippen MR) is 50.1 cm³/mol. The monoisotopic (exact) mass is 197 g/mol. The van der Waals surface area contributed by atoms with Crippen molar-refractivity contribution in [1.29, 1.82) is 0 Å². The number of aromatic amines is 1. The number of carboxylic acid groups (broad SMARTS) is 1. The maximum atomic E-state index is 10.7. The van der Waals surface area contributed by atoms with Crippen LogP contribution in [0.5, 0.6) is 0 Å². The van der Waals surface area contributed by atoms with Gasteiger partial charge >= 0.3 is 5.97 Å². The van der Waals surface area contributed by atoms with E-state index in [9.17, 15) is 4.79 Å². The van der Waals surface area contributed by atoms with Gasteiger partial charge in [-0.3, -0.25) is 0 Å². The number of aromatic nitrogens is 2. The molecule has 0 unspecified atom stereocenters. The summed E-state index contributed by atoms with van der Waals surface area (Å²) in [6.45, 7) is 1.80. The smallest absolute Gasteiger partial charge is 0.354 e. The van der Waals surface area contributed by atoms with Crippen LogP contribution in [0.25, 0.3) is 10.2 Å². The SMILES string of the molecule is Cc1nsc2[nH]c(C(=O)O)c(N)c12. The van der Waals surface area contributed by atoms with Crippen LogP contribution < -0.4 is 5.73 Å². The molecule has 2 rings (SSSR count). The number of carbonyl (C=O) groups is 1. The number of aromatic carboxylic acids is 1. The van der Waals surface area contributed by atoms with Crippen LogP contribution >= 0.6 is 11.5 Å². The highest BCUT2D eigenvalue weighted by atomic mass is 32.1. The number of nitrogen functional groups attached to an aromatic ring is 1. The van der Waals surface area contributed by atoms with E-state index in [1.165, 1.54) is 11.5 Å². The van der Waals surface area contributed by atoms with Crippen LogP contribution in [0.2, 0.25) is 0 Å². The average molecular weight is 197 g/mol. The predicted octanol–water partition coefficient (Wildman–Crippen LogP) is 1.21. The molecule has 68 valence electrons. The molecule has 5 nitrogen and oxygen atoms in total. The molecule has 2 aromatic rings. The fourth-order valence-electron chi connectivity index (χ4n) is 1.25. The van der Waals surface area contributed by atoms with Crippen LogP contribution in [-0.4, -0.2) is 20.4 Å². The van der Waals surface area contributed by atoms with Crippen LogP contribution in [0.3, 0.4) is 0 Å². The summed E-state index contributed by atoms with van der Waals surface area (Å²) in [7, 11) is 0. The molecule has 2 aromatic heterocycles. The Morgan fingerprint density at radius 3 is 2.92 bits per heavy atom. The van der Waals surface area contributed by atoms with E-state index >= 15 is 0 Å². The van der Waals surface area contributed by atoms with Crippen molar-refractivity contribution < 1.29 is 9.90 Å². The maximum absolute atomic E-state index is 10.7. The zero-order valence-electron chi connectivity index (χ0n) is 6.79. The molecule has 0 bridgehead atoms. The van der Waals surface area contributed by atoms with Crippen molar-refractivity contribution in [2.45, 2.75) is 6.92 Å². The van der Waals surface area contributed by atoms with Crippen LogP contribution in [0.1, 0.15) is 16.2 Å². The van der Waals surface area contributed by atoms with Gasteiger partial charge in [0.25, 0.3) is 0 Å². The zero-order valence-corrected chi connectivity index (χ0v) is 7.60. The lowest BCUT2D eigenvalue weighted by Gasteiger charge is -1.91. The number of carboxylic acids is 1. The summed E-state index contributed by atoms with van der Waals surface area (Å²) in [6, 6.07) is 0. The molecule has 0 atom stereocenters. The van der Waals surface area contributed by atoms with E-state index < -0.39 is 5.97 Å². The van der Waals surface area contributed by atoms with Gasteiger partial charge in [0.2, 0.25) is 0 Å². The molecule has 0 aliphatic heterocycles. The van der Waals surface area contributed by atoms with E-state index in [1.54, 1.807) is 6.92 Å². The van der Waals surface area contributed by atoms with E-state index in [-0.39, 0.29) is 11.4 Å². The molecule has 0 spiro atoms. The first-order valence-electron chi connectivity index (χ1n) is 3.58. The van der Waals surface area contributed by atoms with E-state index in [1.807, 2.05) is 0 Å². The van der Waals surface area contributed by atoms with Crippen molar-refractivity contribution in [3.8, 4) is 0 Å². The Kier molecular flexibility index (Phi) is 1.53. The molecular formula is C7H7N3O2S. The maximum Gasteiger partial charge on any atom is 0.354 e. The van der Waals surface area contributed by atoms with Gasteiger partial charge in [-0.2, -0.15) is 4.37 Å². The molecule has 0 saturated heterocycles. The molecule has 0 amide bonds. The summed E-state index contributed by atoms with van der Waals surface area (Å²) in [4.78, 5) is 14.1. The van der Waals surface area contributed by atoms with Crippen LogP contribution in [-0.2, 0) is 0 Å². The molecule has 0 radical (unpaired) electrons. The van der Waals surface area contributed by atoms with Crippen LogP contribution in [0, 0.1) is 6.92 Å². The number of H-pyrrole nitrogens is 1. The Balaban J connectivity index is 2.82. The van der Waals surface area contributed by atoms with Gasteiger partial charge in [-0.05, 0) is 18.5 Å². The summed E-state index contributed by atoms with van der Waals surface area (Å²) >= 11 is 1.22. The lowest BCUT2D eigenvalue weighted by Crippen LogP contribution is -2.00. The van der Waals surface area contributed by atoms with Crippen molar-refractivity contribution in [2.24, 2.45) is 0 Å². The van der Waals surface area contributed by atoms with E-state index in [0.717, 1.165) is 11.1 Å². The zero-order chi connectivity index (χ0) is 9.59. The molecular weight excluding hydrogens is 190 g/mol. The number of nitrogens with one attached hydrogen (secondary N) is 1. The van der Waals surface area contributed by atoms with Crippen molar-refractivity contribution >= 4 is 33.4 Å². The molecule has 6 heteroatoms. The molecule has 4 N–H and O–H groups in total. The number of rotatable bonds is 1. The highest BCUT2D eigenvalue weighted by Gasteiger charge is 2.17. The fraction of sp³-hybridized carbons (Fsp3) is 0.143. The normalized spacial score (nSPS) is 10.8. The Morgan fingerprint density at radius 1 is 1.69 bits per heavy atom. The summed E-state index contributed by atoms with van der Waals surface area (Å²) < 4.78 is 4.05. The fourth-order valence-corrected chi connectivity index (χ4v) is 2.06. The second-order valence-electron chi connectivity index (χ2n) is 2.69. The molecule has 13 heavy (non-hydrogen) atoms. The molecule has 0 aromatic carbocycles. The first-order chi connectivity index (χ1) is 6.11. The largest absolute Gasteiger partial charge is 0.477 e. The minimum atomic E-state index is -1.04. The van der Waals surface area contributed by atoms with Gasteiger partial charge < -0.3 is 15.8 Å². The molecule has 2 heterocycles. The van der Waals surface area contributed by atoms with Gasteiger partial charge in [-0.15, -0.1) is 0 Å². The lowest BCUT2D eigenvalue weighted by molar-refractivity contribution is 0.0693. The number of aryl methyl sites for hydroxylation is 1. The quantitative estimate of drug-likeness (QED) is 0.640. The summed E-state index contributed by atoms with van der Waals surface area (Å²) in [5, 5.41) is 9.47. The standard InChI is InChI=1S/C7H7N3O2S/c1-2-3-4(8)5(7(11)12)9-6(3)13-10-2/h9H,8H2,1H3,(H,11,12). The number of hydrogen-bond donors (Lipinski definition) is 3. The van der Waals surface area contributed by atoms with Crippen molar-refractivity contribution in [2.75, 3.05) is 5.73 Å². The Bertz CT molecular complexity index is 485. The highest BCUT2D eigenvalue weighted by Crippen LogP contribution is 2.30. The Hall–Kier alpha value is -1.56. The van der Waals surface area contributed by atoms with Gasteiger partial charge in [-0.1, -0.05) is 0 Å². The van der Waals surface area contributed by atoms with E-state index in [2.05, 4.69) is 9.36 Å². The van der Waals surface area contributed by atoms with Gasteiger partial charge in [-0.25, -0.2) is 4.79 Å². The minimum Gasteiger partial charge on any atom is -0.477 e. The lowest BCUT2D eigenvalue weighted by atomic mass is 10.2. The van der Waals surface area contributed by atoms with E-state index in [0.29, 0.717) is 4.83 Å². The molecule has 0 aliphatic rings. The van der Waals surface area contributed by atoms with Crippen molar-refractivity contribution in [1.82, 2.24) is 9.36 Å². The van der Waals surface area contributed by atoms with Gasteiger partial charge in [0.1, 0.15) is 10.5 Å². The van der Waals surface area contributed by atoms with Crippen LogP contribution in [0.4, 0.5) is 5.69 Å². The van der Waals surface area contributed by atoms with Crippen LogP contribution in [0.15, 0.2) is 0 Å². The van der Waals surface area contributed by atoms with Crippen molar-refractivity contribution in [3.05, 3.63) is 11.4 Å². The first-order valence-corrected chi connectivity index (χ1v) is 4.35. The third kappa shape index (κ3) is 0.988. The summed E-state index contributed by atoms with van der Waals surface area (Å²) in [5.41, 5.74) is 6.72. The average Bonchev–Trinajstić information content (AvgIpc) is 2.55. The Labute approximate surface area is 77.3 Å². The van der Waals surface area contributed by atoms with Gasteiger partial charge in [0, 0.05) is 0 Å². The summed E-state index contributed by atoms with van der Waals surface area (Å²) in [6.07, 6.45) is 0. The third-order valence-electron chi connectivity index (χ3n) is 1.85. The second-order valence-corrected chi connectivity index (χ2v) is 3.46. The first kappa shape index (κ1) is 8.06. The highest BCUT2D eigenvalue weighted by molar-refractivity contribution is 7.13. The topological polar surface area (TPSA) is 92.0 Å².